The lowest BCUT2D eigenvalue weighted by molar-refractivity contribution is 0.0943. The highest BCUT2D eigenvalue weighted by Gasteiger charge is 2.30. The molecule has 0 spiro atoms. The van der Waals surface area contributed by atoms with Crippen molar-refractivity contribution in [2.24, 2.45) is 5.92 Å². The average molecular weight is 427 g/mol. The first-order valence-electron chi connectivity index (χ1n) is 9.68. The molecule has 1 heterocycles. The zero-order valence-electron chi connectivity index (χ0n) is 16.7. The normalized spacial score (nSPS) is 17.9. The Labute approximate surface area is 173 Å². The number of benzene rings is 1. The van der Waals surface area contributed by atoms with Crippen molar-refractivity contribution in [3.05, 3.63) is 29.8 Å². The van der Waals surface area contributed by atoms with E-state index < -0.39 is 10.0 Å². The quantitative estimate of drug-likeness (QED) is 0.478. The third-order valence-electron chi connectivity index (χ3n) is 4.76. The molecular weight excluding hydrogens is 396 g/mol. The van der Waals surface area contributed by atoms with Gasteiger partial charge in [0.05, 0.1) is 4.90 Å². The van der Waals surface area contributed by atoms with Gasteiger partial charge in [-0.15, -0.1) is 0 Å². The van der Waals surface area contributed by atoms with E-state index in [1.165, 1.54) is 24.3 Å². The lowest BCUT2D eigenvalue weighted by atomic mass is 10.1. The maximum atomic E-state index is 12.8. The van der Waals surface area contributed by atoms with Crippen molar-refractivity contribution >= 4 is 33.3 Å². The first kappa shape index (κ1) is 22.6. The lowest BCUT2D eigenvalue weighted by Gasteiger charge is -2.32. The van der Waals surface area contributed by atoms with Gasteiger partial charge in [-0.2, -0.15) is 4.31 Å². The number of thiocarbonyl (C=S) groups is 1. The van der Waals surface area contributed by atoms with Crippen LogP contribution in [0.25, 0.3) is 0 Å². The third-order valence-corrected chi connectivity index (χ3v) is 7.04. The number of amides is 1. The van der Waals surface area contributed by atoms with Gasteiger partial charge in [-0.05, 0) is 68.6 Å². The summed E-state index contributed by atoms with van der Waals surface area (Å²) in [7, 11) is -3.54. The Hall–Kier alpha value is -1.71. The van der Waals surface area contributed by atoms with Gasteiger partial charge in [-0.25, -0.2) is 8.42 Å². The van der Waals surface area contributed by atoms with Gasteiger partial charge in [0.25, 0.3) is 5.91 Å². The lowest BCUT2D eigenvalue weighted by Crippen LogP contribution is -2.47. The summed E-state index contributed by atoms with van der Waals surface area (Å²) in [5.41, 5.74) is 5.51. The summed E-state index contributed by atoms with van der Waals surface area (Å²) in [4.78, 5) is 12.4. The van der Waals surface area contributed by atoms with Gasteiger partial charge in [0.2, 0.25) is 10.0 Å². The standard InChI is InChI=1S/C19H30N4O3S2/c1-14(2)11-12-20-19(27)22-21-18(24)16-7-9-17(10-8-16)28(25,26)23-13-5-4-6-15(23)3/h7-10,14-15H,4-6,11-13H2,1-3H3,(H,21,24)(H2,20,22,27)/t15-/m0/s1. The van der Waals surface area contributed by atoms with Gasteiger partial charge in [-0.3, -0.25) is 15.6 Å². The van der Waals surface area contributed by atoms with Crippen LogP contribution >= 0.6 is 12.2 Å². The van der Waals surface area contributed by atoms with Crippen LogP contribution in [0.2, 0.25) is 0 Å². The minimum atomic E-state index is -3.54. The van der Waals surface area contributed by atoms with Crippen molar-refractivity contribution in [1.82, 2.24) is 20.5 Å². The Morgan fingerprint density at radius 1 is 1.21 bits per heavy atom. The highest BCUT2D eigenvalue weighted by atomic mass is 32.2. The van der Waals surface area contributed by atoms with Gasteiger partial charge < -0.3 is 5.32 Å². The zero-order valence-corrected chi connectivity index (χ0v) is 18.3. The molecular formula is C19H30N4O3S2. The SMILES string of the molecule is CC(C)CCNC(=S)NNC(=O)c1ccc(S(=O)(=O)N2CCCC[C@@H]2C)cc1. The Morgan fingerprint density at radius 2 is 1.89 bits per heavy atom. The molecule has 9 heteroatoms. The Balaban J connectivity index is 1.92. The molecule has 2 rings (SSSR count). The number of carbonyl (C=O) groups is 1. The third kappa shape index (κ3) is 6.15. The first-order chi connectivity index (χ1) is 13.2. The second-order valence-corrected chi connectivity index (χ2v) is 9.80. The van der Waals surface area contributed by atoms with Gasteiger partial charge in [-0.1, -0.05) is 20.3 Å². The molecule has 1 fully saturated rings. The van der Waals surface area contributed by atoms with E-state index in [0.29, 0.717) is 23.1 Å². The fraction of sp³-hybridized carbons (Fsp3) is 0.579. The van der Waals surface area contributed by atoms with E-state index in [-0.39, 0.29) is 16.8 Å². The molecule has 1 atom stereocenters. The molecule has 1 aliphatic rings. The van der Waals surface area contributed by atoms with Gasteiger partial charge >= 0.3 is 0 Å². The first-order valence-corrected chi connectivity index (χ1v) is 11.5. The van der Waals surface area contributed by atoms with E-state index in [4.69, 9.17) is 12.2 Å². The van der Waals surface area contributed by atoms with Crippen LogP contribution in [0, 0.1) is 5.92 Å². The second-order valence-electron chi connectivity index (χ2n) is 7.50. The summed E-state index contributed by atoms with van der Waals surface area (Å²) in [5.74, 6) is 0.177. The number of piperidine rings is 1. The highest BCUT2D eigenvalue weighted by molar-refractivity contribution is 7.89. The van der Waals surface area contributed by atoms with Crippen LogP contribution in [0.15, 0.2) is 29.2 Å². The Kier molecular flexibility index (Phi) is 8.21. The fourth-order valence-electron chi connectivity index (χ4n) is 3.05. The summed E-state index contributed by atoms with van der Waals surface area (Å²) in [5, 5.41) is 3.35. The average Bonchev–Trinajstić information content (AvgIpc) is 2.66. The topological polar surface area (TPSA) is 90.5 Å². The fourth-order valence-corrected chi connectivity index (χ4v) is 4.90. The van der Waals surface area contributed by atoms with E-state index in [1.54, 1.807) is 4.31 Å². The highest BCUT2D eigenvalue weighted by Crippen LogP contribution is 2.25. The van der Waals surface area contributed by atoms with Crippen molar-refractivity contribution in [2.45, 2.75) is 57.4 Å². The molecule has 0 aromatic heterocycles. The molecule has 28 heavy (non-hydrogen) atoms. The predicted octanol–water partition coefficient (Wildman–Crippen LogP) is 2.40. The van der Waals surface area contributed by atoms with E-state index in [2.05, 4.69) is 30.0 Å². The summed E-state index contributed by atoms with van der Waals surface area (Å²) < 4.78 is 27.2. The minimum Gasteiger partial charge on any atom is -0.361 e. The summed E-state index contributed by atoms with van der Waals surface area (Å²) in [6.45, 7) is 7.44. The molecule has 1 saturated heterocycles. The van der Waals surface area contributed by atoms with Crippen LogP contribution in [0.5, 0.6) is 0 Å². The monoisotopic (exact) mass is 426 g/mol. The molecule has 156 valence electrons. The summed E-state index contributed by atoms with van der Waals surface area (Å²) in [6.07, 6.45) is 3.77. The molecule has 1 aromatic rings. The van der Waals surface area contributed by atoms with Crippen LogP contribution in [0.1, 0.15) is 56.8 Å². The van der Waals surface area contributed by atoms with E-state index in [9.17, 15) is 13.2 Å². The number of sulfonamides is 1. The number of hydrogen-bond donors (Lipinski definition) is 3. The molecule has 0 radical (unpaired) electrons. The largest absolute Gasteiger partial charge is 0.361 e. The summed E-state index contributed by atoms with van der Waals surface area (Å²) >= 11 is 5.11. The molecule has 0 saturated carbocycles. The van der Waals surface area contributed by atoms with Gasteiger partial charge in [0.15, 0.2) is 5.11 Å². The van der Waals surface area contributed by atoms with E-state index in [1.807, 2.05) is 6.92 Å². The van der Waals surface area contributed by atoms with Gasteiger partial charge in [0, 0.05) is 24.7 Å². The maximum absolute atomic E-state index is 12.8. The predicted molar refractivity (Wildman–Crippen MR) is 114 cm³/mol. The van der Waals surface area contributed by atoms with Crippen LogP contribution in [0.3, 0.4) is 0 Å². The number of rotatable bonds is 6. The number of nitrogens with zero attached hydrogens (tertiary/aromatic N) is 1. The van der Waals surface area contributed by atoms with Crippen molar-refractivity contribution < 1.29 is 13.2 Å². The molecule has 1 aromatic carbocycles. The number of carbonyl (C=O) groups excluding carboxylic acids is 1. The number of nitrogens with one attached hydrogen (secondary N) is 3. The van der Waals surface area contributed by atoms with E-state index in [0.717, 1.165) is 32.2 Å². The van der Waals surface area contributed by atoms with Crippen LogP contribution in [0.4, 0.5) is 0 Å². The van der Waals surface area contributed by atoms with Crippen LogP contribution in [-0.4, -0.2) is 42.9 Å². The second kappa shape index (κ2) is 10.2. The van der Waals surface area contributed by atoms with E-state index >= 15 is 0 Å². The smallest absolute Gasteiger partial charge is 0.269 e. The molecule has 3 N–H and O–H groups in total. The molecule has 0 bridgehead atoms. The number of hydrazine groups is 1. The van der Waals surface area contributed by atoms with Crippen LogP contribution in [-0.2, 0) is 10.0 Å². The van der Waals surface area contributed by atoms with Gasteiger partial charge in [0.1, 0.15) is 0 Å². The number of hydrogen-bond acceptors (Lipinski definition) is 4. The van der Waals surface area contributed by atoms with Crippen molar-refractivity contribution in [1.29, 1.82) is 0 Å². The minimum absolute atomic E-state index is 0.00451. The zero-order chi connectivity index (χ0) is 20.7. The molecule has 7 nitrogen and oxygen atoms in total. The Morgan fingerprint density at radius 3 is 2.50 bits per heavy atom. The Bertz CT molecular complexity index is 779. The van der Waals surface area contributed by atoms with Crippen molar-refractivity contribution in [3.63, 3.8) is 0 Å². The maximum Gasteiger partial charge on any atom is 0.269 e. The summed E-state index contributed by atoms with van der Waals surface area (Å²) in [6, 6.07) is 5.96. The van der Waals surface area contributed by atoms with Crippen molar-refractivity contribution in [2.75, 3.05) is 13.1 Å². The molecule has 0 aliphatic carbocycles. The molecule has 1 amide bonds. The molecule has 1 aliphatic heterocycles. The molecule has 0 unspecified atom stereocenters. The van der Waals surface area contributed by atoms with Crippen LogP contribution < -0.4 is 16.2 Å². The van der Waals surface area contributed by atoms with Crippen molar-refractivity contribution in [3.8, 4) is 0 Å².